The molecule has 0 N–H and O–H groups in total. The highest BCUT2D eigenvalue weighted by molar-refractivity contribution is 5.00. The van der Waals surface area contributed by atoms with Crippen LogP contribution in [0.1, 0.15) is 5.56 Å². The fourth-order valence-electron chi connectivity index (χ4n) is 1.79. The first kappa shape index (κ1) is 11.3. The molecule has 1 aromatic heterocycles. The summed E-state index contributed by atoms with van der Waals surface area (Å²) < 4.78 is 6.94. The lowest BCUT2D eigenvalue weighted by atomic mass is 10.3. The monoisotopic (exact) mass is 223 g/mol. The van der Waals surface area contributed by atoms with Crippen molar-refractivity contribution in [3.05, 3.63) is 28.4 Å². The Hall–Kier alpha value is -1.20. The standard InChI is InChI=1S/C11H17N3O2/c1-10-8-12-9-14(11(10)15)3-2-13-4-6-16-7-5-13/h8-9H,2-7H2,1H3. The average molecular weight is 223 g/mol. The topological polar surface area (TPSA) is 47.4 Å². The Morgan fingerprint density at radius 2 is 2.12 bits per heavy atom. The van der Waals surface area contributed by atoms with Gasteiger partial charge in [0.05, 0.1) is 19.5 Å². The molecule has 0 aliphatic carbocycles. The van der Waals surface area contributed by atoms with Crippen LogP contribution in [0.5, 0.6) is 0 Å². The molecule has 5 heteroatoms. The molecule has 0 aromatic carbocycles. The summed E-state index contributed by atoms with van der Waals surface area (Å²) in [7, 11) is 0. The van der Waals surface area contributed by atoms with Gasteiger partial charge in [0.1, 0.15) is 0 Å². The van der Waals surface area contributed by atoms with Crippen molar-refractivity contribution in [2.45, 2.75) is 13.5 Å². The number of hydrogen-bond donors (Lipinski definition) is 0. The summed E-state index contributed by atoms with van der Waals surface area (Å²) in [6, 6.07) is 0. The van der Waals surface area contributed by atoms with Gasteiger partial charge in [-0.3, -0.25) is 14.3 Å². The van der Waals surface area contributed by atoms with Gasteiger partial charge >= 0.3 is 0 Å². The third kappa shape index (κ3) is 2.68. The van der Waals surface area contributed by atoms with Crippen LogP contribution in [-0.4, -0.2) is 47.3 Å². The van der Waals surface area contributed by atoms with E-state index in [2.05, 4.69) is 9.88 Å². The molecule has 0 bridgehead atoms. The zero-order valence-corrected chi connectivity index (χ0v) is 9.56. The average Bonchev–Trinajstić information content (AvgIpc) is 2.32. The van der Waals surface area contributed by atoms with Crippen LogP contribution in [-0.2, 0) is 11.3 Å². The smallest absolute Gasteiger partial charge is 0.256 e. The summed E-state index contributed by atoms with van der Waals surface area (Å²) >= 11 is 0. The van der Waals surface area contributed by atoms with E-state index in [0.717, 1.165) is 32.8 Å². The molecule has 0 atom stereocenters. The predicted octanol–water partition coefficient (Wildman–Crippen LogP) is -0.116. The molecule has 1 saturated heterocycles. The predicted molar refractivity (Wildman–Crippen MR) is 60.5 cm³/mol. The highest BCUT2D eigenvalue weighted by Gasteiger charge is 2.10. The normalized spacial score (nSPS) is 17.6. The molecule has 0 amide bonds. The molecule has 1 aliphatic heterocycles. The molecular weight excluding hydrogens is 206 g/mol. The van der Waals surface area contributed by atoms with Crippen LogP contribution in [0.25, 0.3) is 0 Å². The molecule has 16 heavy (non-hydrogen) atoms. The molecule has 0 saturated carbocycles. The van der Waals surface area contributed by atoms with E-state index in [1.54, 1.807) is 24.0 Å². The van der Waals surface area contributed by atoms with Crippen molar-refractivity contribution < 1.29 is 4.74 Å². The number of aromatic nitrogens is 2. The highest BCUT2D eigenvalue weighted by Crippen LogP contribution is 1.96. The minimum Gasteiger partial charge on any atom is -0.379 e. The Morgan fingerprint density at radius 1 is 1.38 bits per heavy atom. The molecule has 2 rings (SSSR count). The fourth-order valence-corrected chi connectivity index (χ4v) is 1.79. The van der Waals surface area contributed by atoms with Gasteiger partial charge in [0.2, 0.25) is 0 Å². The summed E-state index contributed by atoms with van der Waals surface area (Å²) in [6.45, 7) is 6.87. The van der Waals surface area contributed by atoms with Gasteiger partial charge in [0, 0.05) is 37.9 Å². The number of rotatable bonds is 3. The van der Waals surface area contributed by atoms with E-state index in [1.165, 1.54) is 0 Å². The summed E-state index contributed by atoms with van der Waals surface area (Å²) in [5.41, 5.74) is 0.757. The molecule has 1 aliphatic rings. The van der Waals surface area contributed by atoms with Crippen molar-refractivity contribution >= 4 is 0 Å². The van der Waals surface area contributed by atoms with Gasteiger partial charge in [-0.25, -0.2) is 4.98 Å². The molecule has 88 valence electrons. The van der Waals surface area contributed by atoms with Crippen molar-refractivity contribution in [1.29, 1.82) is 0 Å². The van der Waals surface area contributed by atoms with Gasteiger partial charge in [0.15, 0.2) is 0 Å². The molecule has 5 nitrogen and oxygen atoms in total. The lowest BCUT2D eigenvalue weighted by Gasteiger charge is -2.26. The van der Waals surface area contributed by atoms with Crippen molar-refractivity contribution in [1.82, 2.24) is 14.5 Å². The summed E-state index contributed by atoms with van der Waals surface area (Å²) in [4.78, 5) is 18.1. The second-order valence-corrected chi connectivity index (χ2v) is 4.03. The van der Waals surface area contributed by atoms with E-state index in [9.17, 15) is 4.79 Å². The Kier molecular flexibility index (Phi) is 3.69. The van der Waals surface area contributed by atoms with Gasteiger partial charge < -0.3 is 4.74 Å². The Bertz CT molecular complexity index is 396. The number of nitrogens with zero attached hydrogens (tertiary/aromatic N) is 3. The van der Waals surface area contributed by atoms with Crippen LogP contribution in [0.2, 0.25) is 0 Å². The Morgan fingerprint density at radius 3 is 2.88 bits per heavy atom. The summed E-state index contributed by atoms with van der Waals surface area (Å²) in [5.74, 6) is 0. The maximum atomic E-state index is 11.7. The van der Waals surface area contributed by atoms with E-state index >= 15 is 0 Å². The lowest BCUT2D eigenvalue weighted by Crippen LogP contribution is -2.39. The van der Waals surface area contributed by atoms with E-state index in [-0.39, 0.29) is 5.56 Å². The molecular formula is C11H17N3O2. The number of morpholine rings is 1. The SMILES string of the molecule is Cc1cncn(CCN2CCOCC2)c1=O. The van der Waals surface area contributed by atoms with Crippen LogP contribution >= 0.6 is 0 Å². The zero-order chi connectivity index (χ0) is 11.4. The maximum Gasteiger partial charge on any atom is 0.256 e. The largest absolute Gasteiger partial charge is 0.379 e. The Labute approximate surface area is 94.7 Å². The van der Waals surface area contributed by atoms with Crippen molar-refractivity contribution in [3.63, 3.8) is 0 Å². The van der Waals surface area contributed by atoms with Gasteiger partial charge in [-0.1, -0.05) is 0 Å². The van der Waals surface area contributed by atoms with Crippen LogP contribution in [0.4, 0.5) is 0 Å². The van der Waals surface area contributed by atoms with Gasteiger partial charge in [-0.2, -0.15) is 0 Å². The van der Waals surface area contributed by atoms with E-state index in [0.29, 0.717) is 12.1 Å². The fraction of sp³-hybridized carbons (Fsp3) is 0.636. The molecule has 1 aromatic rings. The van der Waals surface area contributed by atoms with Crippen molar-refractivity contribution in [2.24, 2.45) is 0 Å². The molecule has 2 heterocycles. The maximum absolute atomic E-state index is 11.7. The second-order valence-electron chi connectivity index (χ2n) is 4.03. The first-order valence-electron chi connectivity index (χ1n) is 5.58. The first-order chi connectivity index (χ1) is 7.77. The van der Waals surface area contributed by atoms with Gasteiger partial charge in [-0.05, 0) is 6.92 Å². The zero-order valence-electron chi connectivity index (χ0n) is 9.56. The second kappa shape index (κ2) is 5.23. The first-order valence-corrected chi connectivity index (χ1v) is 5.58. The Balaban J connectivity index is 1.94. The van der Waals surface area contributed by atoms with Crippen LogP contribution < -0.4 is 5.56 Å². The number of aryl methyl sites for hydroxylation is 1. The molecule has 0 radical (unpaired) electrons. The summed E-state index contributed by atoms with van der Waals surface area (Å²) in [5, 5.41) is 0. The van der Waals surface area contributed by atoms with Crippen LogP contribution in [0.3, 0.4) is 0 Å². The quantitative estimate of drug-likeness (QED) is 0.717. The van der Waals surface area contributed by atoms with Gasteiger partial charge in [0.25, 0.3) is 5.56 Å². The minimum absolute atomic E-state index is 0.0586. The molecule has 0 unspecified atom stereocenters. The van der Waals surface area contributed by atoms with E-state index in [4.69, 9.17) is 4.74 Å². The van der Waals surface area contributed by atoms with E-state index in [1.807, 2.05) is 0 Å². The molecule has 1 fully saturated rings. The third-order valence-corrected chi connectivity index (χ3v) is 2.83. The highest BCUT2D eigenvalue weighted by atomic mass is 16.5. The van der Waals surface area contributed by atoms with Crippen molar-refractivity contribution in [2.75, 3.05) is 32.8 Å². The third-order valence-electron chi connectivity index (χ3n) is 2.83. The van der Waals surface area contributed by atoms with Crippen LogP contribution in [0.15, 0.2) is 17.3 Å². The lowest BCUT2D eigenvalue weighted by molar-refractivity contribution is 0.0362. The number of hydrogen-bond acceptors (Lipinski definition) is 4. The minimum atomic E-state index is 0.0586. The van der Waals surface area contributed by atoms with Gasteiger partial charge in [-0.15, -0.1) is 0 Å². The molecule has 0 spiro atoms. The number of ether oxygens (including phenoxy) is 1. The van der Waals surface area contributed by atoms with E-state index < -0.39 is 0 Å². The summed E-state index contributed by atoms with van der Waals surface area (Å²) in [6.07, 6.45) is 3.21. The van der Waals surface area contributed by atoms with Crippen LogP contribution in [0, 0.1) is 6.92 Å². The van der Waals surface area contributed by atoms with Crippen molar-refractivity contribution in [3.8, 4) is 0 Å².